The zero-order valence-corrected chi connectivity index (χ0v) is 13.0. The molecule has 1 heterocycles. The van der Waals surface area contributed by atoms with Gasteiger partial charge in [-0.3, -0.25) is 0 Å². The van der Waals surface area contributed by atoms with E-state index in [0.717, 1.165) is 18.8 Å². The van der Waals surface area contributed by atoms with Gasteiger partial charge in [0.15, 0.2) is 0 Å². The Morgan fingerprint density at radius 1 is 0.950 bits per heavy atom. The predicted molar refractivity (Wildman–Crippen MR) is 89.2 cm³/mol. The zero-order chi connectivity index (χ0) is 13.9. The van der Waals surface area contributed by atoms with Gasteiger partial charge in [-0.2, -0.15) is 0 Å². The Hall–Kier alpha value is -1.48. The molecule has 104 valence electrons. The lowest BCUT2D eigenvalue weighted by molar-refractivity contribution is 0.505. The fourth-order valence-electron chi connectivity index (χ4n) is 2.93. The summed E-state index contributed by atoms with van der Waals surface area (Å²) >= 11 is 3.64. The second-order valence-electron chi connectivity index (χ2n) is 5.38. The van der Waals surface area contributed by atoms with Crippen LogP contribution in [0.25, 0.3) is 0 Å². The molecule has 2 aromatic rings. The van der Waals surface area contributed by atoms with Gasteiger partial charge < -0.3 is 10.6 Å². The van der Waals surface area contributed by atoms with Crippen molar-refractivity contribution in [3.8, 4) is 0 Å². The van der Waals surface area contributed by atoms with E-state index in [1.54, 1.807) is 0 Å². The fraction of sp³-hybridized carbons (Fsp3) is 0.294. The average molecular weight is 331 g/mol. The van der Waals surface area contributed by atoms with Crippen molar-refractivity contribution < 1.29 is 0 Å². The van der Waals surface area contributed by atoms with Gasteiger partial charge >= 0.3 is 0 Å². The number of hydrogen-bond donors (Lipinski definition) is 1. The molecule has 2 nitrogen and oxygen atoms in total. The van der Waals surface area contributed by atoms with Crippen LogP contribution in [0.4, 0.5) is 11.4 Å². The summed E-state index contributed by atoms with van der Waals surface area (Å²) in [6, 6.07) is 16.8. The van der Waals surface area contributed by atoms with Gasteiger partial charge in [-0.25, -0.2) is 0 Å². The Kier molecular flexibility index (Phi) is 3.97. The summed E-state index contributed by atoms with van der Waals surface area (Å²) < 4.78 is 1.19. The Morgan fingerprint density at radius 3 is 2.25 bits per heavy atom. The first-order chi connectivity index (χ1) is 9.74. The highest BCUT2D eigenvalue weighted by Crippen LogP contribution is 2.33. The molecule has 2 aromatic carbocycles. The van der Waals surface area contributed by atoms with Gasteiger partial charge in [0.2, 0.25) is 0 Å². The molecule has 20 heavy (non-hydrogen) atoms. The Balaban J connectivity index is 1.68. The summed E-state index contributed by atoms with van der Waals surface area (Å²) in [5.41, 5.74) is 9.33. The monoisotopic (exact) mass is 330 g/mol. The van der Waals surface area contributed by atoms with E-state index in [1.807, 2.05) is 12.1 Å². The Morgan fingerprint density at radius 2 is 1.60 bits per heavy atom. The molecule has 1 fully saturated rings. The zero-order valence-electron chi connectivity index (χ0n) is 11.4. The van der Waals surface area contributed by atoms with Crippen molar-refractivity contribution in [1.82, 2.24) is 0 Å². The molecular weight excluding hydrogens is 312 g/mol. The van der Waals surface area contributed by atoms with E-state index in [0.29, 0.717) is 5.92 Å². The van der Waals surface area contributed by atoms with Crippen LogP contribution in [0, 0.1) is 0 Å². The highest BCUT2D eigenvalue weighted by Gasteiger charge is 2.21. The average Bonchev–Trinajstić information content (AvgIpc) is 2.49. The fourth-order valence-corrected chi connectivity index (χ4v) is 3.47. The predicted octanol–water partition coefficient (Wildman–Crippen LogP) is 4.42. The number of benzene rings is 2. The van der Waals surface area contributed by atoms with Gasteiger partial charge in [0.1, 0.15) is 0 Å². The SMILES string of the molecule is Nc1ccc(C2CCN(c3ccccc3Br)CC2)cc1. The number of halogens is 1. The van der Waals surface area contributed by atoms with E-state index in [-0.39, 0.29) is 0 Å². The van der Waals surface area contributed by atoms with E-state index >= 15 is 0 Å². The molecule has 0 unspecified atom stereocenters. The molecule has 0 aliphatic carbocycles. The quantitative estimate of drug-likeness (QED) is 0.826. The molecule has 0 spiro atoms. The Bertz CT molecular complexity index is 572. The molecule has 2 N–H and O–H groups in total. The van der Waals surface area contributed by atoms with Crippen LogP contribution in [0.15, 0.2) is 53.0 Å². The van der Waals surface area contributed by atoms with Crippen molar-refractivity contribution in [3.05, 3.63) is 58.6 Å². The van der Waals surface area contributed by atoms with Crippen LogP contribution in [-0.4, -0.2) is 13.1 Å². The van der Waals surface area contributed by atoms with E-state index in [2.05, 4.69) is 57.2 Å². The normalized spacial score (nSPS) is 16.4. The summed E-state index contributed by atoms with van der Waals surface area (Å²) in [5, 5.41) is 0. The standard InChI is InChI=1S/C17H19BrN2/c18-16-3-1-2-4-17(16)20-11-9-14(10-12-20)13-5-7-15(19)8-6-13/h1-8,14H,9-12,19H2. The third-order valence-electron chi connectivity index (χ3n) is 4.10. The van der Waals surface area contributed by atoms with Crippen molar-refractivity contribution in [3.63, 3.8) is 0 Å². The molecule has 1 saturated heterocycles. The second kappa shape index (κ2) is 5.88. The van der Waals surface area contributed by atoms with Crippen LogP contribution in [0.5, 0.6) is 0 Å². The molecule has 1 aliphatic heterocycles. The van der Waals surface area contributed by atoms with Crippen molar-refractivity contribution in [2.45, 2.75) is 18.8 Å². The molecule has 1 aliphatic rings. The first kappa shape index (κ1) is 13.5. The van der Waals surface area contributed by atoms with E-state index in [9.17, 15) is 0 Å². The third kappa shape index (κ3) is 2.83. The third-order valence-corrected chi connectivity index (χ3v) is 4.77. The molecule has 0 bridgehead atoms. The minimum atomic E-state index is 0.661. The number of nitrogens with zero attached hydrogens (tertiary/aromatic N) is 1. The number of hydrogen-bond acceptors (Lipinski definition) is 2. The van der Waals surface area contributed by atoms with Crippen molar-refractivity contribution in [1.29, 1.82) is 0 Å². The first-order valence-electron chi connectivity index (χ1n) is 7.09. The van der Waals surface area contributed by atoms with Gasteiger partial charge in [-0.15, -0.1) is 0 Å². The van der Waals surface area contributed by atoms with E-state index in [1.165, 1.54) is 28.6 Å². The molecule has 0 aromatic heterocycles. The molecule has 0 radical (unpaired) electrons. The number of nitrogen functional groups attached to an aromatic ring is 1. The molecule has 0 atom stereocenters. The highest BCUT2D eigenvalue weighted by atomic mass is 79.9. The van der Waals surface area contributed by atoms with Crippen molar-refractivity contribution in [2.75, 3.05) is 23.7 Å². The molecule has 0 amide bonds. The summed E-state index contributed by atoms with van der Waals surface area (Å²) in [4.78, 5) is 2.47. The second-order valence-corrected chi connectivity index (χ2v) is 6.23. The van der Waals surface area contributed by atoms with Crippen molar-refractivity contribution in [2.24, 2.45) is 0 Å². The minimum absolute atomic E-state index is 0.661. The number of para-hydroxylation sites is 1. The van der Waals surface area contributed by atoms with Crippen LogP contribution in [0.3, 0.4) is 0 Å². The maximum absolute atomic E-state index is 5.76. The summed E-state index contributed by atoms with van der Waals surface area (Å²) in [6.45, 7) is 2.22. The summed E-state index contributed by atoms with van der Waals surface area (Å²) in [7, 11) is 0. The van der Waals surface area contributed by atoms with Crippen LogP contribution in [0.2, 0.25) is 0 Å². The largest absolute Gasteiger partial charge is 0.399 e. The van der Waals surface area contributed by atoms with E-state index < -0.39 is 0 Å². The number of nitrogens with two attached hydrogens (primary N) is 1. The number of rotatable bonds is 2. The van der Waals surface area contributed by atoms with Crippen LogP contribution >= 0.6 is 15.9 Å². The first-order valence-corrected chi connectivity index (χ1v) is 7.88. The molecule has 3 rings (SSSR count). The Labute approximate surface area is 128 Å². The van der Waals surface area contributed by atoms with Crippen molar-refractivity contribution >= 4 is 27.3 Å². The lowest BCUT2D eigenvalue weighted by atomic mass is 9.89. The topological polar surface area (TPSA) is 29.3 Å². The number of piperidine rings is 1. The van der Waals surface area contributed by atoms with Crippen LogP contribution < -0.4 is 10.6 Å². The maximum Gasteiger partial charge on any atom is 0.0510 e. The van der Waals surface area contributed by atoms with Crippen LogP contribution in [0.1, 0.15) is 24.3 Å². The maximum atomic E-state index is 5.76. The minimum Gasteiger partial charge on any atom is -0.399 e. The van der Waals surface area contributed by atoms with Gasteiger partial charge in [-0.05, 0) is 64.5 Å². The summed E-state index contributed by atoms with van der Waals surface area (Å²) in [6.07, 6.45) is 2.40. The number of anilines is 2. The van der Waals surface area contributed by atoms with Gasteiger partial charge in [0, 0.05) is 23.2 Å². The molecule has 3 heteroatoms. The smallest absolute Gasteiger partial charge is 0.0510 e. The van der Waals surface area contributed by atoms with E-state index in [4.69, 9.17) is 5.73 Å². The lowest BCUT2D eigenvalue weighted by Crippen LogP contribution is -2.33. The van der Waals surface area contributed by atoms with Gasteiger partial charge in [0.05, 0.1) is 5.69 Å². The molecule has 0 saturated carbocycles. The molecular formula is C17H19BrN2. The lowest BCUT2D eigenvalue weighted by Gasteiger charge is -2.34. The summed E-state index contributed by atoms with van der Waals surface area (Å²) in [5.74, 6) is 0.661. The van der Waals surface area contributed by atoms with Gasteiger partial charge in [0.25, 0.3) is 0 Å². The van der Waals surface area contributed by atoms with Crippen LogP contribution in [-0.2, 0) is 0 Å². The van der Waals surface area contributed by atoms with Gasteiger partial charge in [-0.1, -0.05) is 24.3 Å². The highest BCUT2D eigenvalue weighted by molar-refractivity contribution is 9.10.